The second-order valence-electron chi connectivity index (χ2n) is 5.04. The maximum Gasteiger partial charge on any atom is 0.213 e. The molecule has 4 aromatic rings. The van der Waals surface area contributed by atoms with E-state index in [1.165, 1.54) is 0 Å². The highest BCUT2D eigenvalue weighted by Gasteiger charge is 2.14. The molecule has 112 valence electrons. The summed E-state index contributed by atoms with van der Waals surface area (Å²) in [6, 6.07) is 22.2. The maximum atomic E-state index is 5.03. The number of nitrogens with zero attached hydrogens (tertiary/aromatic N) is 3. The van der Waals surface area contributed by atoms with Gasteiger partial charge in [-0.25, -0.2) is 4.68 Å². The van der Waals surface area contributed by atoms with Gasteiger partial charge in [0.25, 0.3) is 0 Å². The molecule has 0 aliphatic carbocycles. The van der Waals surface area contributed by atoms with Crippen molar-refractivity contribution in [1.82, 2.24) is 25.0 Å². The highest BCUT2D eigenvalue weighted by molar-refractivity contribution is 7.71. The lowest BCUT2D eigenvalue weighted by Crippen LogP contribution is -1.98. The third-order valence-corrected chi connectivity index (χ3v) is 3.72. The molecule has 0 bridgehead atoms. The summed E-state index contributed by atoms with van der Waals surface area (Å²) in [5.74, 6) is 0.627. The average Bonchev–Trinajstić information content (AvgIpc) is 3.23. The minimum absolute atomic E-state index is 0.413. The molecule has 5 nitrogen and oxygen atoms in total. The molecule has 0 amide bonds. The fraction of sp³-hybridized carbons (Fsp3) is 0. The van der Waals surface area contributed by atoms with Gasteiger partial charge in [0, 0.05) is 5.56 Å². The number of aromatic nitrogens is 5. The van der Waals surface area contributed by atoms with Crippen molar-refractivity contribution < 1.29 is 0 Å². The second kappa shape index (κ2) is 5.66. The van der Waals surface area contributed by atoms with Gasteiger partial charge in [0.05, 0.1) is 11.4 Å². The molecule has 0 aliphatic heterocycles. The van der Waals surface area contributed by atoms with E-state index in [0.717, 1.165) is 22.6 Å². The Balaban J connectivity index is 1.93. The molecular formula is C17H13N5S. The Morgan fingerprint density at radius 2 is 1.57 bits per heavy atom. The highest BCUT2D eigenvalue weighted by atomic mass is 32.1. The Hall–Kier alpha value is -2.99. The summed E-state index contributed by atoms with van der Waals surface area (Å²) in [5.41, 5.74) is 3.81. The first-order chi connectivity index (χ1) is 11.3. The Labute approximate surface area is 137 Å². The van der Waals surface area contributed by atoms with E-state index in [9.17, 15) is 0 Å². The molecule has 0 saturated heterocycles. The Bertz CT molecular complexity index is 926. The highest BCUT2D eigenvalue weighted by Crippen LogP contribution is 2.27. The summed E-state index contributed by atoms with van der Waals surface area (Å²) < 4.78 is 2.33. The van der Waals surface area contributed by atoms with Crippen LogP contribution in [0.25, 0.3) is 28.5 Å². The minimum Gasteiger partial charge on any atom is -0.280 e. The van der Waals surface area contributed by atoms with Gasteiger partial charge in [0.2, 0.25) is 4.77 Å². The van der Waals surface area contributed by atoms with Crippen LogP contribution in [0.15, 0.2) is 66.7 Å². The lowest BCUT2D eigenvalue weighted by molar-refractivity contribution is 0.887. The number of hydrogen-bond donors (Lipinski definition) is 2. The Morgan fingerprint density at radius 3 is 2.22 bits per heavy atom. The number of rotatable bonds is 3. The van der Waals surface area contributed by atoms with E-state index in [1.807, 2.05) is 59.3 Å². The zero-order chi connectivity index (χ0) is 15.6. The third kappa shape index (κ3) is 2.60. The fourth-order valence-corrected chi connectivity index (χ4v) is 2.61. The molecule has 0 unspecified atom stereocenters. The van der Waals surface area contributed by atoms with Gasteiger partial charge in [0.1, 0.15) is 5.69 Å². The van der Waals surface area contributed by atoms with Crippen LogP contribution in [-0.2, 0) is 0 Å². The van der Waals surface area contributed by atoms with Crippen LogP contribution in [0.3, 0.4) is 0 Å². The van der Waals surface area contributed by atoms with Crippen LogP contribution in [0.5, 0.6) is 0 Å². The lowest BCUT2D eigenvalue weighted by atomic mass is 10.1. The summed E-state index contributed by atoms with van der Waals surface area (Å²) in [7, 11) is 0. The van der Waals surface area contributed by atoms with Crippen LogP contribution in [0.4, 0.5) is 0 Å². The quantitative estimate of drug-likeness (QED) is 0.561. The third-order valence-electron chi connectivity index (χ3n) is 3.52. The van der Waals surface area contributed by atoms with E-state index in [0.29, 0.717) is 10.6 Å². The smallest absolute Gasteiger partial charge is 0.213 e. The van der Waals surface area contributed by atoms with Crippen LogP contribution in [-0.4, -0.2) is 25.0 Å². The number of benzene rings is 2. The Morgan fingerprint density at radius 1 is 0.870 bits per heavy atom. The van der Waals surface area contributed by atoms with E-state index < -0.39 is 0 Å². The number of nitrogens with one attached hydrogen (secondary N) is 2. The first-order valence-corrected chi connectivity index (χ1v) is 7.58. The van der Waals surface area contributed by atoms with Gasteiger partial charge in [-0.3, -0.25) is 10.2 Å². The van der Waals surface area contributed by atoms with E-state index in [1.54, 1.807) is 0 Å². The normalized spacial score (nSPS) is 10.8. The van der Waals surface area contributed by atoms with Crippen LogP contribution in [0.1, 0.15) is 0 Å². The first-order valence-electron chi connectivity index (χ1n) is 7.17. The predicted octanol–water partition coefficient (Wildman–Crippen LogP) is 3.99. The van der Waals surface area contributed by atoms with Crippen LogP contribution >= 0.6 is 12.2 Å². The second-order valence-corrected chi connectivity index (χ2v) is 5.43. The van der Waals surface area contributed by atoms with Crippen molar-refractivity contribution in [3.8, 4) is 28.5 Å². The van der Waals surface area contributed by atoms with Crippen molar-refractivity contribution in [2.75, 3.05) is 0 Å². The molecule has 6 heteroatoms. The van der Waals surface area contributed by atoms with Crippen LogP contribution < -0.4 is 0 Å². The summed E-state index contributed by atoms with van der Waals surface area (Å²) in [5, 5.41) is 10.5. The SMILES string of the molecule is S=c1nc(-c2cc(-c3ccccc3)n(-c3ccccc3)n2)[nH][nH]1. The van der Waals surface area contributed by atoms with Gasteiger partial charge in [-0.15, -0.1) is 0 Å². The average molecular weight is 319 g/mol. The summed E-state index contributed by atoms with van der Waals surface area (Å²) in [6.45, 7) is 0. The Kier molecular flexibility index (Phi) is 3.36. The van der Waals surface area contributed by atoms with Gasteiger partial charge in [0.15, 0.2) is 5.82 Å². The molecular weight excluding hydrogens is 306 g/mol. The van der Waals surface area contributed by atoms with Crippen molar-refractivity contribution in [1.29, 1.82) is 0 Å². The molecule has 0 radical (unpaired) electrons. The van der Waals surface area contributed by atoms with Crippen molar-refractivity contribution in [3.05, 3.63) is 71.5 Å². The molecule has 0 fully saturated rings. The largest absolute Gasteiger partial charge is 0.280 e. The van der Waals surface area contributed by atoms with E-state index in [2.05, 4.69) is 27.3 Å². The number of hydrogen-bond acceptors (Lipinski definition) is 3. The molecule has 0 aliphatic rings. The minimum atomic E-state index is 0.413. The molecule has 0 saturated carbocycles. The van der Waals surface area contributed by atoms with E-state index in [4.69, 9.17) is 17.3 Å². The summed E-state index contributed by atoms with van der Waals surface area (Å²) >= 11 is 5.03. The summed E-state index contributed by atoms with van der Waals surface area (Å²) in [4.78, 5) is 4.25. The standard InChI is InChI=1S/C17H13N5S/c23-17-18-16(19-20-17)14-11-15(12-7-3-1-4-8-12)22(21-14)13-9-5-2-6-10-13/h1-11H,(H2,18,19,20,23). The van der Waals surface area contributed by atoms with Gasteiger partial charge in [-0.2, -0.15) is 10.1 Å². The number of para-hydroxylation sites is 1. The predicted molar refractivity (Wildman–Crippen MR) is 91.8 cm³/mol. The van der Waals surface area contributed by atoms with E-state index >= 15 is 0 Å². The number of aromatic amines is 2. The zero-order valence-electron chi connectivity index (χ0n) is 12.1. The van der Waals surface area contributed by atoms with Crippen molar-refractivity contribution in [2.24, 2.45) is 0 Å². The maximum absolute atomic E-state index is 5.03. The zero-order valence-corrected chi connectivity index (χ0v) is 12.9. The molecule has 2 heterocycles. The molecule has 2 aromatic carbocycles. The summed E-state index contributed by atoms with van der Waals surface area (Å²) in [6.07, 6.45) is 0. The fourth-order valence-electron chi connectivity index (χ4n) is 2.47. The molecule has 2 aromatic heterocycles. The van der Waals surface area contributed by atoms with E-state index in [-0.39, 0.29) is 0 Å². The molecule has 0 spiro atoms. The van der Waals surface area contributed by atoms with Crippen molar-refractivity contribution >= 4 is 12.2 Å². The van der Waals surface area contributed by atoms with Crippen LogP contribution in [0.2, 0.25) is 0 Å². The molecule has 4 rings (SSSR count). The molecule has 2 N–H and O–H groups in total. The molecule has 23 heavy (non-hydrogen) atoms. The van der Waals surface area contributed by atoms with Crippen molar-refractivity contribution in [3.63, 3.8) is 0 Å². The molecule has 0 atom stereocenters. The van der Waals surface area contributed by atoms with Gasteiger partial charge in [-0.05, 0) is 30.4 Å². The lowest BCUT2D eigenvalue weighted by Gasteiger charge is -2.07. The first kappa shape index (κ1) is 13.7. The van der Waals surface area contributed by atoms with Gasteiger partial charge < -0.3 is 0 Å². The van der Waals surface area contributed by atoms with Crippen molar-refractivity contribution in [2.45, 2.75) is 0 Å². The topological polar surface area (TPSA) is 62.3 Å². The van der Waals surface area contributed by atoms with Crippen LogP contribution in [0, 0.1) is 4.77 Å². The van der Waals surface area contributed by atoms with Gasteiger partial charge in [-0.1, -0.05) is 48.5 Å². The monoisotopic (exact) mass is 319 g/mol. The van der Waals surface area contributed by atoms with Gasteiger partial charge >= 0.3 is 0 Å². The number of H-pyrrole nitrogens is 2.